The number of hydrogen-bond acceptors (Lipinski definition) is 2. The molecule has 2 rings (SSSR count). The molecule has 2 aliphatic carbocycles. The fourth-order valence-electron chi connectivity index (χ4n) is 3.49. The van der Waals surface area contributed by atoms with Gasteiger partial charge in [-0.2, -0.15) is 8.42 Å². The minimum absolute atomic E-state index is 0.0648. The van der Waals surface area contributed by atoms with Crippen molar-refractivity contribution in [3.63, 3.8) is 0 Å². The second-order valence-electron chi connectivity index (χ2n) is 5.42. The summed E-state index contributed by atoms with van der Waals surface area (Å²) < 4.78 is 31.1. The van der Waals surface area contributed by atoms with Crippen LogP contribution in [0.5, 0.6) is 0 Å². The van der Waals surface area contributed by atoms with E-state index in [1.165, 1.54) is 6.42 Å². The van der Waals surface area contributed by atoms with Gasteiger partial charge in [0.25, 0.3) is 10.1 Å². The first kappa shape index (κ1) is 10.4. The summed E-state index contributed by atoms with van der Waals surface area (Å²) in [6.07, 6.45) is 3.82. The maximum absolute atomic E-state index is 11.0. The average molecular weight is 218 g/mol. The molecule has 0 heterocycles. The summed E-state index contributed by atoms with van der Waals surface area (Å²) in [5.41, 5.74) is -0.0648. The Hall–Kier alpha value is -0.0900. The van der Waals surface area contributed by atoms with Gasteiger partial charge >= 0.3 is 0 Å². The SMILES string of the molecule is CC1CC(C)CC2(C1)CC2S(=O)(=O)O. The normalized spacial score (nSPS) is 48.1. The molecule has 2 fully saturated rings. The van der Waals surface area contributed by atoms with Crippen LogP contribution in [0.15, 0.2) is 0 Å². The third-order valence-electron chi connectivity index (χ3n) is 3.79. The van der Waals surface area contributed by atoms with E-state index in [1.54, 1.807) is 0 Å². The van der Waals surface area contributed by atoms with Crippen molar-refractivity contribution in [2.75, 3.05) is 0 Å². The molecule has 82 valence electrons. The molecule has 0 aromatic carbocycles. The third kappa shape index (κ3) is 1.70. The van der Waals surface area contributed by atoms with Crippen LogP contribution >= 0.6 is 0 Å². The molecular formula is C10H18O3S. The van der Waals surface area contributed by atoms with E-state index in [9.17, 15) is 8.42 Å². The topological polar surface area (TPSA) is 54.4 Å². The molecule has 2 aliphatic rings. The monoisotopic (exact) mass is 218 g/mol. The first-order valence-electron chi connectivity index (χ1n) is 5.30. The van der Waals surface area contributed by atoms with Crippen molar-refractivity contribution in [1.29, 1.82) is 0 Å². The summed E-state index contributed by atoms with van der Waals surface area (Å²) in [5.74, 6) is 1.20. The maximum Gasteiger partial charge on any atom is 0.268 e. The average Bonchev–Trinajstić information content (AvgIpc) is 2.58. The summed E-state index contributed by atoms with van der Waals surface area (Å²) >= 11 is 0. The Kier molecular flexibility index (Phi) is 2.20. The molecule has 1 spiro atoms. The van der Waals surface area contributed by atoms with Crippen LogP contribution in [-0.4, -0.2) is 18.2 Å². The molecule has 2 saturated carbocycles. The fraction of sp³-hybridized carbons (Fsp3) is 1.00. The van der Waals surface area contributed by atoms with Crippen LogP contribution < -0.4 is 0 Å². The molecule has 1 N–H and O–H groups in total. The zero-order chi connectivity index (χ0) is 10.6. The van der Waals surface area contributed by atoms with Gasteiger partial charge in [-0.05, 0) is 42.9 Å². The van der Waals surface area contributed by atoms with E-state index in [4.69, 9.17) is 4.55 Å². The predicted molar refractivity (Wildman–Crippen MR) is 54.6 cm³/mol. The van der Waals surface area contributed by atoms with Gasteiger partial charge in [0.2, 0.25) is 0 Å². The lowest BCUT2D eigenvalue weighted by molar-refractivity contribution is 0.201. The van der Waals surface area contributed by atoms with Crippen LogP contribution in [0, 0.1) is 17.3 Å². The lowest BCUT2D eigenvalue weighted by Crippen LogP contribution is -2.25. The molecule has 0 saturated heterocycles. The zero-order valence-electron chi connectivity index (χ0n) is 8.73. The molecule has 3 nitrogen and oxygen atoms in total. The van der Waals surface area contributed by atoms with Crippen molar-refractivity contribution in [3.05, 3.63) is 0 Å². The Labute approximate surface area is 85.6 Å². The van der Waals surface area contributed by atoms with Crippen LogP contribution in [0.4, 0.5) is 0 Å². The quantitative estimate of drug-likeness (QED) is 0.686. The Morgan fingerprint density at radius 1 is 1.14 bits per heavy atom. The van der Waals surface area contributed by atoms with Crippen LogP contribution in [-0.2, 0) is 10.1 Å². The highest BCUT2D eigenvalue weighted by Crippen LogP contribution is 2.61. The second kappa shape index (κ2) is 2.95. The maximum atomic E-state index is 11.0. The minimum Gasteiger partial charge on any atom is -0.285 e. The first-order chi connectivity index (χ1) is 6.33. The highest BCUT2D eigenvalue weighted by Gasteiger charge is 2.62. The number of hydrogen-bond donors (Lipinski definition) is 1. The standard InChI is InChI=1S/C10H18O3S/c1-7-3-8(2)5-10(4-7)6-9(10)14(11,12)13/h7-9H,3-6H2,1-2H3,(H,11,12,13). The van der Waals surface area contributed by atoms with Crippen LogP contribution in [0.25, 0.3) is 0 Å². The molecule has 14 heavy (non-hydrogen) atoms. The van der Waals surface area contributed by atoms with E-state index < -0.39 is 15.4 Å². The number of rotatable bonds is 1. The molecule has 3 unspecified atom stereocenters. The second-order valence-corrected chi connectivity index (χ2v) is 7.02. The molecule has 0 aromatic heterocycles. The Balaban J connectivity index is 2.13. The molecule has 0 aliphatic heterocycles. The minimum atomic E-state index is -3.78. The van der Waals surface area contributed by atoms with Crippen LogP contribution in [0.3, 0.4) is 0 Å². The van der Waals surface area contributed by atoms with Gasteiger partial charge in [0.15, 0.2) is 0 Å². The van der Waals surface area contributed by atoms with Crippen molar-refractivity contribution in [2.24, 2.45) is 17.3 Å². The van der Waals surface area contributed by atoms with E-state index >= 15 is 0 Å². The lowest BCUT2D eigenvalue weighted by atomic mass is 9.74. The van der Waals surface area contributed by atoms with Crippen LogP contribution in [0.1, 0.15) is 39.5 Å². The largest absolute Gasteiger partial charge is 0.285 e. The highest BCUT2D eigenvalue weighted by atomic mass is 32.2. The summed E-state index contributed by atoms with van der Waals surface area (Å²) in [6.45, 7) is 4.35. The molecule has 0 aromatic rings. The van der Waals surface area contributed by atoms with E-state index in [0.29, 0.717) is 18.3 Å². The summed E-state index contributed by atoms with van der Waals surface area (Å²) in [7, 11) is -3.78. The molecule has 3 atom stereocenters. The molecule has 0 bridgehead atoms. The molecule has 0 amide bonds. The molecular weight excluding hydrogens is 200 g/mol. The Morgan fingerprint density at radius 2 is 1.64 bits per heavy atom. The fourth-order valence-corrected chi connectivity index (χ4v) is 4.85. The first-order valence-corrected chi connectivity index (χ1v) is 6.80. The van der Waals surface area contributed by atoms with Crippen molar-refractivity contribution < 1.29 is 13.0 Å². The Morgan fingerprint density at radius 3 is 2.00 bits per heavy atom. The molecule has 0 radical (unpaired) electrons. The third-order valence-corrected chi connectivity index (χ3v) is 5.17. The van der Waals surface area contributed by atoms with E-state index in [-0.39, 0.29) is 5.41 Å². The van der Waals surface area contributed by atoms with Gasteiger partial charge in [0.1, 0.15) is 0 Å². The zero-order valence-corrected chi connectivity index (χ0v) is 9.55. The summed E-state index contributed by atoms with van der Waals surface area (Å²) in [4.78, 5) is 0. The van der Waals surface area contributed by atoms with E-state index in [0.717, 1.165) is 12.8 Å². The summed E-state index contributed by atoms with van der Waals surface area (Å²) in [6, 6.07) is 0. The van der Waals surface area contributed by atoms with Gasteiger partial charge in [-0.25, -0.2) is 0 Å². The van der Waals surface area contributed by atoms with E-state index in [2.05, 4.69) is 13.8 Å². The van der Waals surface area contributed by atoms with Gasteiger partial charge in [0, 0.05) is 0 Å². The summed E-state index contributed by atoms with van der Waals surface area (Å²) in [5, 5.41) is -0.458. The molecule has 4 heteroatoms. The van der Waals surface area contributed by atoms with Gasteiger partial charge in [-0.15, -0.1) is 0 Å². The predicted octanol–water partition coefficient (Wildman–Crippen LogP) is 2.09. The van der Waals surface area contributed by atoms with Crippen molar-refractivity contribution >= 4 is 10.1 Å². The van der Waals surface area contributed by atoms with E-state index in [1.807, 2.05) is 0 Å². The van der Waals surface area contributed by atoms with Gasteiger partial charge < -0.3 is 0 Å². The highest BCUT2D eigenvalue weighted by molar-refractivity contribution is 7.86. The lowest BCUT2D eigenvalue weighted by Gasteiger charge is -2.32. The van der Waals surface area contributed by atoms with Gasteiger partial charge in [0.05, 0.1) is 5.25 Å². The Bertz CT molecular complexity index is 323. The van der Waals surface area contributed by atoms with Gasteiger partial charge in [-0.3, -0.25) is 4.55 Å². The van der Waals surface area contributed by atoms with Gasteiger partial charge in [-0.1, -0.05) is 13.8 Å². The van der Waals surface area contributed by atoms with Crippen molar-refractivity contribution in [3.8, 4) is 0 Å². The van der Waals surface area contributed by atoms with Crippen molar-refractivity contribution in [1.82, 2.24) is 0 Å². The van der Waals surface area contributed by atoms with Crippen LogP contribution in [0.2, 0.25) is 0 Å². The smallest absolute Gasteiger partial charge is 0.268 e. The van der Waals surface area contributed by atoms with Crippen molar-refractivity contribution in [2.45, 2.75) is 44.8 Å².